The number of rotatable bonds is 6. The molecule has 23 heavy (non-hydrogen) atoms. The summed E-state index contributed by atoms with van der Waals surface area (Å²) in [5.74, 6) is -0.222. The van der Waals surface area contributed by atoms with Gasteiger partial charge in [-0.05, 0) is 30.7 Å². The number of carbonyl (C=O) groups is 2. The SMILES string of the molecule is CCC(Sc1nncn1C)C(=O)Nc1ccc(NC(C)=O)cc1. The van der Waals surface area contributed by atoms with Gasteiger partial charge < -0.3 is 15.2 Å². The van der Waals surface area contributed by atoms with Crippen LogP contribution in [0.5, 0.6) is 0 Å². The van der Waals surface area contributed by atoms with E-state index in [1.165, 1.54) is 18.7 Å². The normalized spacial score (nSPS) is 11.8. The molecule has 2 aromatic rings. The maximum atomic E-state index is 12.4. The fourth-order valence-corrected chi connectivity index (χ4v) is 2.79. The fourth-order valence-electron chi connectivity index (χ4n) is 1.89. The molecule has 0 aliphatic rings. The van der Waals surface area contributed by atoms with Gasteiger partial charge in [-0.15, -0.1) is 10.2 Å². The molecule has 0 bridgehead atoms. The molecule has 1 heterocycles. The maximum absolute atomic E-state index is 12.4. The van der Waals surface area contributed by atoms with Crippen molar-refractivity contribution in [3.8, 4) is 0 Å². The Morgan fingerprint density at radius 2 is 1.83 bits per heavy atom. The number of nitrogens with one attached hydrogen (secondary N) is 2. The summed E-state index contributed by atoms with van der Waals surface area (Å²) in [7, 11) is 1.84. The summed E-state index contributed by atoms with van der Waals surface area (Å²) in [6.07, 6.45) is 2.28. The number of thioether (sulfide) groups is 1. The lowest BCUT2D eigenvalue weighted by molar-refractivity contribution is -0.116. The first-order valence-electron chi connectivity index (χ1n) is 7.18. The van der Waals surface area contributed by atoms with E-state index in [2.05, 4.69) is 20.8 Å². The number of amides is 2. The molecule has 0 radical (unpaired) electrons. The first-order chi connectivity index (χ1) is 11.0. The topological polar surface area (TPSA) is 88.9 Å². The molecule has 0 aliphatic heterocycles. The molecule has 0 fully saturated rings. The summed E-state index contributed by atoms with van der Waals surface area (Å²) < 4.78 is 1.78. The van der Waals surface area contributed by atoms with Crippen molar-refractivity contribution in [1.29, 1.82) is 0 Å². The number of hydrogen-bond acceptors (Lipinski definition) is 5. The Labute approximate surface area is 138 Å². The summed E-state index contributed by atoms with van der Waals surface area (Å²) in [5.41, 5.74) is 1.37. The number of nitrogens with zero attached hydrogens (tertiary/aromatic N) is 3. The summed E-state index contributed by atoms with van der Waals surface area (Å²) in [6.45, 7) is 3.40. The summed E-state index contributed by atoms with van der Waals surface area (Å²) >= 11 is 1.38. The smallest absolute Gasteiger partial charge is 0.237 e. The van der Waals surface area contributed by atoms with Crippen molar-refractivity contribution >= 4 is 35.0 Å². The van der Waals surface area contributed by atoms with E-state index in [4.69, 9.17) is 0 Å². The zero-order chi connectivity index (χ0) is 16.8. The average Bonchev–Trinajstić information content (AvgIpc) is 2.91. The minimum Gasteiger partial charge on any atom is -0.326 e. The van der Waals surface area contributed by atoms with Crippen LogP contribution in [0, 0.1) is 0 Å². The Kier molecular flexibility index (Phi) is 5.75. The maximum Gasteiger partial charge on any atom is 0.237 e. The number of benzene rings is 1. The van der Waals surface area contributed by atoms with Gasteiger partial charge in [0.15, 0.2) is 5.16 Å². The van der Waals surface area contributed by atoms with Crippen LogP contribution in [0.4, 0.5) is 11.4 Å². The van der Waals surface area contributed by atoms with Crippen molar-refractivity contribution in [3.05, 3.63) is 30.6 Å². The molecule has 1 unspecified atom stereocenters. The second-order valence-corrected chi connectivity index (χ2v) is 6.16. The molecule has 2 N–H and O–H groups in total. The number of hydrogen-bond donors (Lipinski definition) is 2. The van der Waals surface area contributed by atoms with Gasteiger partial charge in [-0.3, -0.25) is 9.59 Å². The standard InChI is InChI=1S/C15H19N5O2S/c1-4-13(23-15-19-16-9-20(15)3)14(22)18-12-7-5-11(6-8-12)17-10(2)21/h5-9,13H,4H2,1-3H3,(H,17,21)(H,18,22). The van der Waals surface area contributed by atoms with E-state index in [1.807, 2.05) is 14.0 Å². The van der Waals surface area contributed by atoms with Crippen molar-refractivity contribution in [2.24, 2.45) is 7.05 Å². The quantitative estimate of drug-likeness (QED) is 0.792. The van der Waals surface area contributed by atoms with Crippen molar-refractivity contribution < 1.29 is 9.59 Å². The first kappa shape index (κ1) is 17.0. The number of aryl methyl sites for hydroxylation is 1. The minimum atomic E-state index is -0.257. The molecule has 2 amide bonds. The minimum absolute atomic E-state index is 0.0900. The van der Waals surface area contributed by atoms with E-state index in [9.17, 15) is 9.59 Å². The van der Waals surface area contributed by atoms with Crippen LogP contribution in [0.3, 0.4) is 0 Å². The van der Waals surface area contributed by atoms with Gasteiger partial charge in [-0.25, -0.2) is 0 Å². The van der Waals surface area contributed by atoms with Gasteiger partial charge in [0.25, 0.3) is 0 Å². The lowest BCUT2D eigenvalue weighted by Crippen LogP contribution is -2.25. The van der Waals surface area contributed by atoms with Gasteiger partial charge in [-0.1, -0.05) is 18.7 Å². The van der Waals surface area contributed by atoms with Crippen LogP contribution in [0.2, 0.25) is 0 Å². The molecule has 1 aromatic heterocycles. The number of carbonyl (C=O) groups excluding carboxylic acids is 2. The zero-order valence-electron chi connectivity index (χ0n) is 13.2. The Balaban J connectivity index is 1.99. The largest absolute Gasteiger partial charge is 0.326 e. The van der Waals surface area contributed by atoms with Crippen LogP contribution in [0.1, 0.15) is 20.3 Å². The third-order valence-electron chi connectivity index (χ3n) is 3.05. The molecule has 2 rings (SSSR count). The van der Waals surface area contributed by atoms with Crippen LogP contribution in [0.15, 0.2) is 35.7 Å². The number of anilines is 2. The summed E-state index contributed by atoms with van der Waals surface area (Å²) in [5, 5.41) is 13.8. The highest BCUT2D eigenvalue weighted by Gasteiger charge is 2.20. The second-order valence-electron chi connectivity index (χ2n) is 4.99. The highest BCUT2D eigenvalue weighted by atomic mass is 32.2. The molecule has 7 nitrogen and oxygen atoms in total. The van der Waals surface area contributed by atoms with Crippen molar-refractivity contribution in [3.63, 3.8) is 0 Å². The molecule has 1 aromatic carbocycles. The van der Waals surface area contributed by atoms with Gasteiger partial charge >= 0.3 is 0 Å². The first-order valence-corrected chi connectivity index (χ1v) is 8.06. The van der Waals surface area contributed by atoms with Crippen molar-refractivity contribution in [2.45, 2.75) is 30.7 Å². The fraction of sp³-hybridized carbons (Fsp3) is 0.333. The molecule has 0 spiro atoms. The van der Waals surface area contributed by atoms with Gasteiger partial charge in [-0.2, -0.15) is 0 Å². The highest BCUT2D eigenvalue weighted by Crippen LogP contribution is 2.24. The molecular formula is C15H19N5O2S. The van der Waals surface area contributed by atoms with E-state index in [0.717, 1.165) is 0 Å². The van der Waals surface area contributed by atoms with E-state index < -0.39 is 0 Å². The van der Waals surface area contributed by atoms with Crippen molar-refractivity contribution in [2.75, 3.05) is 10.6 Å². The van der Waals surface area contributed by atoms with Crippen molar-refractivity contribution in [1.82, 2.24) is 14.8 Å². The lowest BCUT2D eigenvalue weighted by atomic mass is 10.2. The Morgan fingerprint density at radius 3 is 2.30 bits per heavy atom. The highest BCUT2D eigenvalue weighted by molar-refractivity contribution is 8.00. The van der Waals surface area contributed by atoms with Gasteiger partial charge in [0, 0.05) is 25.3 Å². The van der Waals surface area contributed by atoms with Crippen LogP contribution in [-0.2, 0) is 16.6 Å². The molecule has 0 saturated heterocycles. The monoisotopic (exact) mass is 333 g/mol. The van der Waals surface area contributed by atoms with Crippen LogP contribution in [-0.4, -0.2) is 31.8 Å². The summed E-state index contributed by atoms with van der Waals surface area (Å²) in [6, 6.07) is 6.99. The Morgan fingerprint density at radius 1 is 1.22 bits per heavy atom. The van der Waals surface area contributed by atoms with E-state index in [0.29, 0.717) is 23.0 Å². The van der Waals surface area contributed by atoms with Crippen LogP contribution >= 0.6 is 11.8 Å². The van der Waals surface area contributed by atoms with E-state index in [1.54, 1.807) is 35.2 Å². The zero-order valence-corrected chi connectivity index (χ0v) is 14.1. The third-order valence-corrected chi connectivity index (χ3v) is 4.47. The second kappa shape index (κ2) is 7.77. The van der Waals surface area contributed by atoms with Gasteiger partial charge in [0.1, 0.15) is 6.33 Å². The molecule has 1 atom stereocenters. The van der Waals surface area contributed by atoms with Gasteiger partial charge in [0.05, 0.1) is 5.25 Å². The van der Waals surface area contributed by atoms with Gasteiger partial charge in [0.2, 0.25) is 11.8 Å². The predicted molar refractivity (Wildman–Crippen MR) is 90.3 cm³/mol. The average molecular weight is 333 g/mol. The predicted octanol–water partition coefficient (Wildman–Crippen LogP) is 2.28. The molecule has 0 saturated carbocycles. The van der Waals surface area contributed by atoms with E-state index >= 15 is 0 Å². The molecule has 0 aliphatic carbocycles. The van der Waals surface area contributed by atoms with E-state index in [-0.39, 0.29) is 17.1 Å². The number of aromatic nitrogens is 3. The Bertz CT molecular complexity index is 683. The molecule has 122 valence electrons. The Hall–Kier alpha value is -2.35. The molecule has 8 heteroatoms. The van der Waals surface area contributed by atoms with Crippen LogP contribution < -0.4 is 10.6 Å². The van der Waals surface area contributed by atoms with Crippen LogP contribution in [0.25, 0.3) is 0 Å². The lowest BCUT2D eigenvalue weighted by Gasteiger charge is -2.14. The summed E-state index contributed by atoms with van der Waals surface area (Å²) in [4.78, 5) is 23.4. The third kappa shape index (κ3) is 4.82. The molecular weight excluding hydrogens is 314 g/mol.